The third kappa shape index (κ3) is 2.09. The van der Waals surface area contributed by atoms with Crippen LogP contribution < -0.4 is 0 Å². The normalized spacial score (nSPS) is 48.6. The summed E-state index contributed by atoms with van der Waals surface area (Å²) in [6, 6.07) is 0. The molecule has 4 aliphatic rings. The van der Waals surface area contributed by atoms with E-state index in [-0.39, 0.29) is 22.9 Å². The Morgan fingerprint density at radius 1 is 1.21 bits per heavy atom. The van der Waals surface area contributed by atoms with Gasteiger partial charge >= 0.3 is 5.97 Å². The Morgan fingerprint density at radius 3 is 2.75 bits per heavy atom. The van der Waals surface area contributed by atoms with Gasteiger partial charge in [-0.1, -0.05) is 38.2 Å². The molecule has 3 heteroatoms. The molecule has 0 amide bonds. The molecule has 0 spiro atoms. The van der Waals surface area contributed by atoms with Gasteiger partial charge in [0.25, 0.3) is 0 Å². The minimum absolute atomic E-state index is 0.0941. The number of ketones is 1. The van der Waals surface area contributed by atoms with E-state index in [1.165, 1.54) is 6.92 Å². The Labute approximate surface area is 143 Å². The van der Waals surface area contributed by atoms with E-state index in [0.29, 0.717) is 29.5 Å². The third-order valence-electron chi connectivity index (χ3n) is 7.24. The first-order valence-electron chi connectivity index (χ1n) is 9.12. The van der Waals surface area contributed by atoms with Crippen LogP contribution in [0.15, 0.2) is 36.5 Å². The summed E-state index contributed by atoms with van der Waals surface area (Å²) in [5.41, 5.74) is -0.107. The molecular formula is C21H26O3. The van der Waals surface area contributed by atoms with Crippen molar-refractivity contribution >= 4 is 11.8 Å². The highest BCUT2D eigenvalue weighted by molar-refractivity contribution is 5.97. The van der Waals surface area contributed by atoms with E-state index in [9.17, 15) is 9.59 Å². The maximum atomic E-state index is 12.3. The second-order valence-corrected chi connectivity index (χ2v) is 8.49. The molecule has 0 heterocycles. The Hall–Kier alpha value is -1.64. The Balaban J connectivity index is 1.64. The van der Waals surface area contributed by atoms with Crippen LogP contribution >= 0.6 is 0 Å². The van der Waals surface area contributed by atoms with E-state index in [1.54, 1.807) is 0 Å². The Kier molecular flexibility index (Phi) is 3.42. The Morgan fingerprint density at radius 2 is 2.00 bits per heavy atom. The third-order valence-corrected chi connectivity index (χ3v) is 7.24. The summed E-state index contributed by atoms with van der Waals surface area (Å²) in [6.45, 7) is 5.97. The molecule has 4 rings (SSSR count). The molecule has 7 atom stereocenters. The van der Waals surface area contributed by atoms with E-state index >= 15 is 0 Å². The molecule has 0 aromatic rings. The summed E-state index contributed by atoms with van der Waals surface area (Å²) in [5, 5.41) is 0. The molecule has 4 aliphatic carbocycles. The lowest BCUT2D eigenvalue weighted by atomic mass is 9.48. The number of fused-ring (bicyclic) bond motifs is 5. The topological polar surface area (TPSA) is 43.4 Å². The van der Waals surface area contributed by atoms with Crippen LogP contribution in [0.1, 0.15) is 40.0 Å². The van der Waals surface area contributed by atoms with Crippen LogP contribution in [0.25, 0.3) is 0 Å². The van der Waals surface area contributed by atoms with Crippen LogP contribution in [0.3, 0.4) is 0 Å². The van der Waals surface area contributed by atoms with E-state index in [0.717, 1.165) is 19.3 Å². The number of hydrogen-bond acceptors (Lipinski definition) is 3. The summed E-state index contributed by atoms with van der Waals surface area (Å²) in [5.74, 6) is 1.81. The number of rotatable bonds is 1. The summed E-state index contributed by atoms with van der Waals surface area (Å²) in [4.78, 5) is 23.6. The van der Waals surface area contributed by atoms with Gasteiger partial charge in [0.05, 0.1) is 0 Å². The predicted molar refractivity (Wildman–Crippen MR) is 92.0 cm³/mol. The van der Waals surface area contributed by atoms with Gasteiger partial charge in [0.1, 0.15) is 6.10 Å². The van der Waals surface area contributed by atoms with E-state index < -0.39 is 0 Å². The number of carbonyl (C=O) groups excluding carboxylic acids is 2. The lowest BCUT2D eigenvalue weighted by Crippen LogP contribution is -2.51. The number of esters is 1. The van der Waals surface area contributed by atoms with Crippen LogP contribution in [0.4, 0.5) is 0 Å². The fourth-order valence-electron chi connectivity index (χ4n) is 5.75. The van der Waals surface area contributed by atoms with Gasteiger partial charge in [-0.3, -0.25) is 9.59 Å². The maximum Gasteiger partial charge on any atom is 0.303 e. The van der Waals surface area contributed by atoms with Crippen molar-refractivity contribution in [2.75, 3.05) is 0 Å². The summed E-state index contributed by atoms with van der Waals surface area (Å²) < 4.78 is 5.41. The van der Waals surface area contributed by atoms with Crippen LogP contribution in [-0.2, 0) is 14.3 Å². The van der Waals surface area contributed by atoms with E-state index in [1.807, 2.05) is 6.08 Å². The molecular weight excluding hydrogens is 300 g/mol. The van der Waals surface area contributed by atoms with Crippen molar-refractivity contribution < 1.29 is 14.3 Å². The van der Waals surface area contributed by atoms with Gasteiger partial charge in [-0.25, -0.2) is 0 Å². The summed E-state index contributed by atoms with van der Waals surface area (Å²) in [6.07, 6.45) is 15.8. The first-order valence-corrected chi connectivity index (χ1v) is 9.12. The molecule has 0 aromatic carbocycles. The summed E-state index contributed by atoms with van der Waals surface area (Å²) >= 11 is 0. The Bertz CT molecular complexity index is 673. The van der Waals surface area contributed by atoms with Crippen LogP contribution in [0.2, 0.25) is 0 Å². The number of allylic oxidation sites excluding steroid dienone is 5. The monoisotopic (exact) mass is 326 g/mol. The van der Waals surface area contributed by atoms with Gasteiger partial charge in [-0.05, 0) is 60.5 Å². The molecule has 3 nitrogen and oxygen atoms in total. The molecule has 24 heavy (non-hydrogen) atoms. The van der Waals surface area contributed by atoms with Gasteiger partial charge in [0.2, 0.25) is 0 Å². The van der Waals surface area contributed by atoms with Gasteiger partial charge in [-0.2, -0.15) is 0 Å². The van der Waals surface area contributed by atoms with Crippen molar-refractivity contribution in [3.05, 3.63) is 36.5 Å². The minimum Gasteiger partial charge on any atom is -0.458 e. The molecule has 0 aromatic heterocycles. The molecule has 0 bridgehead atoms. The van der Waals surface area contributed by atoms with Crippen molar-refractivity contribution in [3.63, 3.8) is 0 Å². The van der Waals surface area contributed by atoms with Crippen molar-refractivity contribution in [2.24, 2.45) is 34.5 Å². The summed E-state index contributed by atoms with van der Waals surface area (Å²) in [7, 11) is 0. The molecule has 128 valence electrons. The lowest BCUT2D eigenvalue weighted by molar-refractivity contribution is -0.145. The maximum absolute atomic E-state index is 12.3. The SMILES string of the molecule is CC(=O)OC1C=C[C@@]2(C)C(C=CC3C2CC[C@]2(C)C(=O)C=CC32)C1. The zero-order valence-electron chi connectivity index (χ0n) is 14.7. The standard InChI is InChI=1S/C21H26O3/c1-13(22)24-15-8-10-20(2)14(12-15)4-5-16-17-6-7-19(23)21(17,3)11-9-18(16)20/h4-8,10,14-18H,9,11-12H2,1-3H3/t14?,15?,16?,17?,18?,20-,21-/m0/s1. The second-order valence-electron chi connectivity index (χ2n) is 8.49. The molecule has 0 N–H and O–H groups in total. The van der Waals surface area contributed by atoms with Crippen molar-refractivity contribution in [1.29, 1.82) is 0 Å². The number of carbonyl (C=O) groups is 2. The van der Waals surface area contributed by atoms with Gasteiger partial charge in [0, 0.05) is 12.3 Å². The van der Waals surface area contributed by atoms with Crippen molar-refractivity contribution in [1.82, 2.24) is 0 Å². The average Bonchev–Trinajstić information content (AvgIpc) is 2.83. The van der Waals surface area contributed by atoms with Crippen molar-refractivity contribution in [3.8, 4) is 0 Å². The van der Waals surface area contributed by atoms with Gasteiger partial charge in [0.15, 0.2) is 5.78 Å². The highest BCUT2D eigenvalue weighted by Gasteiger charge is 2.57. The fraction of sp³-hybridized carbons (Fsp3) is 0.619. The molecule has 0 radical (unpaired) electrons. The zero-order valence-corrected chi connectivity index (χ0v) is 14.7. The van der Waals surface area contributed by atoms with E-state index in [2.05, 4.69) is 44.2 Å². The quantitative estimate of drug-likeness (QED) is 0.543. The second kappa shape index (κ2) is 5.18. The van der Waals surface area contributed by atoms with Gasteiger partial charge in [-0.15, -0.1) is 0 Å². The highest BCUT2D eigenvalue weighted by Crippen LogP contribution is 2.61. The highest BCUT2D eigenvalue weighted by atomic mass is 16.5. The van der Waals surface area contributed by atoms with Crippen LogP contribution in [0, 0.1) is 34.5 Å². The van der Waals surface area contributed by atoms with E-state index in [4.69, 9.17) is 4.74 Å². The molecule has 5 unspecified atom stereocenters. The van der Waals surface area contributed by atoms with Crippen LogP contribution in [0.5, 0.6) is 0 Å². The largest absolute Gasteiger partial charge is 0.458 e. The molecule has 1 fully saturated rings. The average molecular weight is 326 g/mol. The smallest absolute Gasteiger partial charge is 0.303 e. The fourth-order valence-corrected chi connectivity index (χ4v) is 5.75. The first-order chi connectivity index (χ1) is 11.3. The molecule has 0 saturated heterocycles. The van der Waals surface area contributed by atoms with Crippen molar-refractivity contribution in [2.45, 2.75) is 46.1 Å². The zero-order chi connectivity index (χ0) is 17.1. The van der Waals surface area contributed by atoms with Crippen LogP contribution in [-0.4, -0.2) is 17.9 Å². The lowest BCUT2D eigenvalue weighted by Gasteiger charge is -2.55. The molecule has 1 saturated carbocycles. The first kappa shape index (κ1) is 15.9. The predicted octanol–water partition coefficient (Wildman–Crippen LogP) is 3.86. The minimum atomic E-state index is -0.214. The van der Waals surface area contributed by atoms with Gasteiger partial charge < -0.3 is 4.74 Å². The molecule has 0 aliphatic heterocycles. The number of hydrogen-bond donors (Lipinski definition) is 0. The number of ether oxygens (including phenoxy) is 1.